The first-order chi connectivity index (χ1) is 9.89. The minimum absolute atomic E-state index is 0.274. The summed E-state index contributed by atoms with van der Waals surface area (Å²) >= 11 is 0. The van der Waals surface area contributed by atoms with Gasteiger partial charge < -0.3 is 24.8 Å². The fourth-order valence-corrected chi connectivity index (χ4v) is 1.78. The predicted octanol–water partition coefficient (Wildman–Crippen LogP) is 1.93. The maximum absolute atomic E-state index is 11.5. The van der Waals surface area contributed by atoms with E-state index in [-0.39, 0.29) is 12.1 Å². The van der Waals surface area contributed by atoms with Crippen molar-refractivity contribution < 1.29 is 19.0 Å². The topological polar surface area (TPSA) is 68.8 Å². The van der Waals surface area contributed by atoms with Gasteiger partial charge in [-0.1, -0.05) is 0 Å². The summed E-state index contributed by atoms with van der Waals surface area (Å²) in [5, 5.41) is 6.15. The molecular formula is C15H32N2O4. The Morgan fingerprint density at radius 1 is 1.24 bits per heavy atom. The minimum atomic E-state index is -0.455. The van der Waals surface area contributed by atoms with E-state index in [1.807, 2.05) is 27.7 Å². The van der Waals surface area contributed by atoms with Gasteiger partial charge in [-0.25, -0.2) is 4.79 Å². The van der Waals surface area contributed by atoms with E-state index in [2.05, 4.69) is 10.6 Å². The zero-order valence-corrected chi connectivity index (χ0v) is 14.2. The molecule has 0 saturated carbocycles. The second-order valence-corrected chi connectivity index (χ2v) is 5.87. The molecular weight excluding hydrogens is 272 g/mol. The molecule has 0 spiro atoms. The number of hydrogen-bond acceptors (Lipinski definition) is 5. The third kappa shape index (κ3) is 13.9. The van der Waals surface area contributed by atoms with Gasteiger partial charge in [0.1, 0.15) is 5.60 Å². The maximum Gasteiger partial charge on any atom is 0.407 e. The standard InChI is InChI=1S/C15H32N2O4/c1-6-20-11-10-16-13(12-19-5)8-7-9-17-14(18)21-15(2,3)4/h13,16H,6-12H2,1-5H3,(H,17,18). The van der Waals surface area contributed by atoms with Crippen LogP contribution in [0.5, 0.6) is 0 Å². The SMILES string of the molecule is CCOCCNC(CCCNC(=O)OC(C)(C)C)COC. The molecule has 0 aliphatic heterocycles. The molecule has 0 fully saturated rings. The van der Waals surface area contributed by atoms with Gasteiger partial charge in [0.25, 0.3) is 0 Å². The summed E-state index contributed by atoms with van der Waals surface area (Å²) in [7, 11) is 1.69. The molecule has 1 amide bonds. The molecule has 0 aliphatic carbocycles. The van der Waals surface area contributed by atoms with E-state index in [0.29, 0.717) is 19.8 Å². The van der Waals surface area contributed by atoms with Gasteiger partial charge in [0.15, 0.2) is 0 Å². The summed E-state index contributed by atoms with van der Waals surface area (Å²) in [5.41, 5.74) is -0.455. The van der Waals surface area contributed by atoms with Gasteiger partial charge in [-0.3, -0.25) is 0 Å². The number of alkyl carbamates (subject to hydrolysis) is 1. The summed E-state index contributed by atoms with van der Waals surface area (Å²) in [6.07, 6.45) is 1.43. The number of hydrogen-bond donors (Lipinski definition) is 2. The lowest BCUT2D eigenvalue weighted by Crippen LogP contribution is -2.37. The van der Waals surface area contributed by atoms with E-state index in [1.54, 1.807) is 7.11 Å². The molecule has 0 heterocycles. The molecule has 6 nitrogen and oxygen atoms in total. The third-order valence-electron chi connectivity index (χ3n) is 2.65. The third-order valence-corrected chi connectivity index (χ3v) is 2.65. The van der Waals surface area contributed by atoms with Gasteiger partial charge in [0.05, 0.1) is 13.2 Å². The molecule has 6 heteroatoms. The molecule has 0 aromatic rings. The number of rotatable bonds is 11. The van der Waals surface area contributed by atoms with Gasteiger partial charge in [-0.2, -0.15) is 0 Å². The molecule has 0 saturated heterocycles. The monoisotopic (exact) mass is 304 g/mol. The number of methoxy groups -OCH3 is 1. The molecule has 1 atom stereocenters. The molecule has 0 aliphatic rings. The average Bonchev–Trinajstić information content (AvgIpc) is 2.37. The Bertz CT molecular complexity index is 267. The van der Waals surface area contributed by atoms with Crippen molar-refractivity contribution in [3.63, 3.8) is 0 Å². The summed E-state index contributed by atoms with van der Waals surface area (Å²) in [5.74, 6) is 0. The zero-order valence-electron chi connectivity index (χ0n) is 14.2. The Balaban J connectivity index is 3.75. The van der Waals surface area contributed by atoms with Crippen LogP contribution in [0.3, 0.4) is 0 Å². The van der Waals surface area contributed by atoms with Crippen LogP contribution in [0, 0.1) is 0 Å². The normalized spacial score (nSPS) is 13.0. The highest BCUT2D eigenvalue weighted by Crippen LogP contribution is 2.06. The number of nitrogens with one attached hydrogen (secondary N) is 2. The van der Waals surface area contributed by atoms with Crippen molar-refractivity contribution in [2.24, 2.45) is 0 Å². The summed E-state index contributed by atoms with van der Waals surface area (Å²) in [6, 6.07) is 0.274. The highest BCUT2D eigenvalue weighted by molar-refractivity contribution is 5.67. The van der Waals surface area contributed by atoms with E-state index < -0.39 is 5.60 Å². The van der Waals surface area contributed by atoms with E-state index in [0.717, 1.165) is 26.0 Å². The van der Waals surface area contributed by atoms with E-state index in [4.69, 9.17) is 14.2 Å². The highest BCUT2D eigenvalue weighted by atomic mass is 16.6. The van der Waals surface area contributed by atoms with Crippen LogP contribution in [0.25, 0.3) is 0 Å². The largest absolute Gasteiger partial charge is 0.444 e. The lowest BCUT2D eigenvalue weighted by atomic mass is 10.1. The van der Waals surface area contributed by atoms with Gasteiger partial charge in [0.2, 0.25) is 0 Å². The molecule has 1 unspecified atom stereocenters. The first kappa shape index (κ1) is 20.1. The predicted molar refractivity (Wildman–Crippen MR) is 83.6 cm³/mol. The number of ether oxygens (including phenoxy) is 3. The van der Waals surface area contributed by atoms with Crippen molar-refractivity contribution in [1.82, 2.24) is 10.6 Å². The smallest absolute Gasteiger partial charge is 0.407 e. The van der Waals surface area contributed by atoms with Gasteiger partial charge >= 0.3 is 6.09 Å². The first-order valence-corrected chi connectivity index (χ1v) is 7.66. The van der Waals surface area contributed by atoms with Gasteiger partial charge in [-0.15, -0.1) is 0 Å². The van der Waals surface area contributed by atoms with Crippen LogP contribution in [0.4, 0.5) is 4.79 Å². The van der Waals surface area contributed by atoms with E-state index >= 15 is 0 Å². The fraction of sp³-hybridized carbons (Fsp3) is 0.933. The van der Waals surface area contributed by atoms with Crippen LogP contribution in [0.1, 0.15) is 40.5 Å². The summed E-state index contributed by atoms with van der Waals surface area (Å²) in [6.45, 7) is 11.0. The first-order valence-electron chi connectivity index (χ1n) is 7.66. The fourth-order valence-electron chi connectivity index (χ4n) is 1.78. The van der Waals surface area contributed by atoms with Crippen LogP contribution in [-0.2, 0) is 14.2 Å². The van der Waals surface area contributed by atoms with Crippen molar-refractivity contribution >= 4 is 6.09 Å². The number of carbonyl (C=O) groups excluding carboxylic acids is 1. The van der Waals surface area contributed by atoms with Crippen LogP contribution < -0.4 is 10.6 Å². The molecule has 21 heavy (non-hydrogen) atoms. The lowest BCUT2D eigenvalue weighted by Gasteiger charge is -2.20. The quantitative estimate of drug-likeness (QED) is 0.571. The molecule has 0 rings (SSSR count). The van der Waals surface area contributed by atoms with Crippen LogP contribution in [-0.4, -0.2) is 57.8 Å². The Kier molecular flexibility index (Phi) is 11.3. The summed E-state index contributed by atoms with van der Waals surface area (Å²) < 4.78 is 15.7. The van der Waals surface area contributed by atoms with Crippen molar-refractivity contribution in [2.75, 3.05) is 40.0 Å². The Labute approximate surface area is 128 Å². The molecule has 0 aromatic heterocycles. The number of amides is 1. The Hall–Kier alpha value is -0.850. The van der Waals surface area contributed by atoms with Gasteiger partial charge in [0, 0.05) is 32.8 Å². The molecule has 126 valence electrons. The molecule has 0 aromatic carbocycles. The molecule has 2 N–H and O–H groups in total. The zero-order chi connectivity index (χ0) is 16.1. The molecule has 0 radical (unpaired) electrons. The van der Waals surface area contributed by atoms with Crippen molar-refractivity contribution in [3.05, 3.63) is 0 Å². The summed E-state index contributed by atoms with van der Waals surface area (Å²) in [4.78, 5) is 11.5. The van der Waals surface area contributed by atoms with Crippen molar-refractivity contribution in [1.29, 1.82) is 0 Å². The van der Waals surface area contributed by atoms with Crippen molar-refractivity contribution in [2.45, 2.75) is 52.2 Å². The second kappa shape index (κ2) is 11.8. The lowest BCUT2D eigenvalue weighted by molar-refractivity contribution is 0.0526. The number of carbonyl (C=O) groups is 1. The van der Waals surface area contributed by atoms with Crippen LogP contribution in [0.2, 0.25) is 0 Å². The van der Waals surface area contributed by atoms with Gasteiger partial charge in [-0.05, 0) is 40.5 Å². The molecule has 0 bridgehead atoms. The Morgan fingerprint density at radius 3 is 2.52 bits per heavy atom. The maximum atomic E-state index is 11.5. The average molecular weight is 304 g/mol. The van der Waals surface area contributed by atoms with Crippen LogP contribution >= 0.6 is 0 Å². The Morgan fingerprint density at radius 2 is 1.95 bits per heavy atom. The van der Waals surface area contributed by atoms with E-state index in [1.165, 1.54) is 0 Å². The van der Waals surface area contributed by atoms with E-state index in [9.17, 15) is 4.79 Å². The highest BCUT2D eigenvalue weighted by Gasteiger charge is 2.15. The van der Waals surface area contributed by atoms with Crippen LogP contribution in [0.15, 0.2) is 0 Å². The second-order valence-electron chi connectivity index (χ2n) is 5.87. The minimum Gasteiger partial charge on any atom is -0.444 e. The van der Waals surface area contributed by atoms with Crippen molar-refractivity contribution in [3.8, 4) is 0 Å².